The Hall–Kier alpha value is -5.24. The predicted octanol–water partition coefficient (Wildman–Crippen LogP) is 5.08. The van der Waals surface area contributed by atoms with Crippen molar-refractivity contribution in [3.05, 3.63) is 123 Å². The Balaban J connectivity index is 1.09. The van der Waals surface area contributed by atoms with Crippen LogP contribution in [0, 0.1) is 11.6 Å². The minimum Gasteiger partial charge on any atom is -0.508 e. The number of nitrogens with one attached hydrogen (secondary N) is 1. The minimum atomic E-state index is -0.672. The van der Waals surface area contributed by atoms with Crippen molar-refractivity contribution in [2.75, 3.05) is 13.2 Å². The largest absolute Gasteiger partial charge is 0.508 e. The number of aromatic nitrogens is 5. The third kappa shape index (κ3) is 6.51. The SMILES string of the molecule is O=c1c2cc(F)cnc2n(-c2cccc(-c3ccc(O)cc3CN3CCC[C@H]3CO)c2)c(=O)n1C1CCC(NCc2cn3cc(F)ccc3n2)CC1. The standard InChI is InChI=1S/C39H39F2N7O4/c40-26-6-13-36-44-29(22-46(36)21-26)19-42-28-7-9-30(10-8-28)48-38(51)35-17-27(41)18-43-37(35)47(39(48)52)31-4-1-3-24(15-31)34-12-11-33(50)16-25(34)20-45-14-2-5-32(45)23-49/h1,3-4,6,11-13,15-18,21-22,28,30,32,42,49-50H,2,5,7-10,14,19-20,23H2/t28?,30?,32-/m0/s1. The van der Waals surface area contributed by atoms with E-state index in [-0.39, 0.29) is 41.3 Å². The van der Waals surface area contributed by atoms with E-state index >= 15 is 0 Å². The molecule has 2 fully saturated rings. The molecule has 268 valence electrons. The molecule has 13 heteroatoms. The van der Waals surface area contributed by atoms with Crippen molar-refractivity contribution < 1.29 is 19.0 Å². The van der Waals surface area contributed by atoms with Crippen LogP contribution in [0.25, 0.3) is 33.5 Å². The Morgan fingerprint density at radius 3 is 2.60 bits per heavy atom. The van der Waals surface area contributed by atoms with E-state index < -0.39 is 23.1 Å². The number of hydrogen-bond donors (Lipinski definition) is 3. The highest BCUT2D eigenvalue weighted by Crippen LogP contribution is 2.32. The molecule has 0 amide bonds. The lowest BCUT2D eigenvalue weighted by Crippen LogP contribution is -2.44. The van der Waals surface area contributed by atoms with Crippen LogP contribution >= 0.6 is 0 Å². The van der Waals surface area contributed by atoms with Crippen molar-refractivity contribution in [3.8, 4) is 22.6 Å². The van der Waals surface area contributed by atoms with Gasteiger partial charge in [0, 0.05) is 43.6 Å². The zero-order valence-corrected chi connectivity index (χ0v) is 28.5. The third-order valence-corrected chi connectivity index (χ3v) is 10.6. The molecule has 1 atom stereocenters. The Morgan fingerprint density at radius 1 is 0.923 bits per heavy atom. The van der Waals surface area contributed by atoms with Crippen LogP contribution in [0.3, 0.4) is 0 Å². The molecule has 4 aromatic heterocycles. The summed E-state index contributed by atoms with van der Waals surface area (Å²) in [4.78, 5) is 39.3. The predicted molar refractivity (Wildman–Crippen MR) is 192 cm³/mol. The van der Waals surface area contributed by atoms with Gasteiger partial charge >= 0.3 is 5.69 Å². The third-order valence-electron chi connectivity index (χ3n) is 10.6. The van der Waals surface area contributed by atoms with Gasteiger partial charge in [0.05, 0.1) is 29.6 Å². The molecule has 0 radical (unpaired) electrons. The molecule has 0 bridgehead atoms. The second-order valence-corrected chi connectivity index (χ2v) is 13.9. The maximum Gasteiger partial charge on any atom is 0.337 e. The first kappa shape index (κ1) is 33.9. The topological polar surface area (TPSA) is 130 Å². The van der Waals surface area contributed by atoms with E-state index in [1.54, 1.807) is 34.9 Å². The fraction of sp³-hybridized carbons (Fsp3) is 0.333. The van der Waals surface area contributed by atoms with E-state index in [2.05, 4.69) is 20.2 Å². The van der Waals surface area contributed by atoms with Gasteiger partial charge in [-0.2, -0.15) is 0 Å². The van der Waals surface area contributed by atoms with Gasteiger partial charge in [-0.3, -0.25) is 14.3 Å². The number of benzene rings is 2. The molecule has 8 rings (SSSR count). The van der Waals surface area contributed by atoms with E-state index in [4.69, 9.17) is 0 Å². The number of halogens is 2. The number of aliphatic hydroxyl groups is 1. The molecule has 2 aromatic carbocycles. The molecular formula is C39H39F2N7O4. The first-order valence-corrected chi connectivity index (χ1v) is 17.7. The van der Waals surface area contributed by atoms with Gasteiger partial charge in [-0.1, -0.05) is 18.2 Å². The lowest BCUT2D eigenvalue weighted by Gasteiger charge is -2.30. The zero-order valence-electron chi connectivity index (χ0n) is 28.5. The molecule has 0 unspecified atom stereocenters. The highest BCUT2D eigenvalue weighted by atomic mass is 19.1. The van der Waals surface area contributed by atoms with E-state index in [0.29, 0.717) is 50.1 Å². The molecule has 1 aliphatic carbocycles. The monoisotopic (exact) mass is 707 g/mol. The van der Waals surface area contributed by atoms with Crippen molar-refractivity contribution >= 4 is 16.7 Å². The van der Waals surface area contributed by atoms with Crippen LogP contribution in [-0.2, 0) is 13.1 Å². The quantitative estimate of drug-likeness (QED) is 0.190. The van der Waals surface area contributed by atoms with Gasteiger partial charge in [0.25, 0.3) is 5.56 Å². The van der Waals surface area contributed by atoms with E-state index in [0.717, 1.165) is 54.0 Å². The molecular weight excluding hydrogens is 668 g/mol. The van der Waals surface area contributed by atoms with Crippen molar-refractivity contribution in [1.29, 1.82) is 0 Å². The lowest BCUT2D eigenvalue weighted by atomic mass is 9.91. The number of aromatic hydroxyl groups is 1. The average molecular weight is 708 g/mol. The Labute approximate surface area is 297 Å². The molecule has 2 aliphatic rings. The fourth-order valence-electron chi connectivity index (χ4n) is 7.96. The summed E-state index contributed by atoms with van der Waals surface area (Å²) >= 11 is 0. The number of fused-ring (bicyclic) bond motifs is 2. The molecule has 1 saturated heterocycles. The van der Waals surface area contributed by atoms with Crippen LogP contribution in [0.15, 0.2) is 88.8 Å². The average Bonchev–Trinajstić information content (AvgIpc) is 3.77. The molecule has 6 aromatic rings. The smallest absolute Gasteiger partial charge is 0.337 e. The van der Waals surface area contributed by atoms with Gasteiger partial charge in [-0.25, -0.2) is 28.1 Å². The number of hydrogen-bond acceptors (Lipinski definition) is 8. The number of imidazole rings is 1. The van der Waals surface area contributed by atoms with E-state index in [1.165, 1.54) is 21.4 Å². The van der Waals surface area contributed by atoms with Crippen LogP contribution in [0.5, 0.6) is 5.75 Å². The summed E-state index contributed by atoms with van der Waals surface area (Å²) < 4.78 is 32.5. The van der Waals surface area contributed by atoms with E-state index in [9.17, 15) is 28.6 Å². The second-order valence-electron chi connectivity index (χ2n) is 13.9. The van der Waals surface area contributed by atoms with Crippen LogP contribution in [0.2, 0.25) is 0 Å². The summed E-state index contributed by atoms with van der Waals surface area (Å²) in [5, 5.41) is 23.8. The highest BCUT2D eigenvalue weighted by Gasteiger charge is 2.28. The number of phenols is 1. The van der Waals surface area contributed by atoms with Gasteiger partial charge in [-0.15, -0.1) is 0 Å². The number of likely N-dealkylation sites (tertiary alicyclic amines) is 1. The lowest BCUT2D eigenvalue weighted by molar-refractivity contribution is 0.153. The number of pyridine rings is 2. The van der Waals surface area contributed by atoms with Crippen LogP contribution in [0.1, 0.15) is 55.8 Å². The normalized spacial score (nSPS) is 19.6. The Morgan fingerprint density at radius 2 is 1.77 bits per heavy atom. The first-order valence-electron chi connectivity index (χ1n) is 17.7. The van der Waals surface area contributed by atoms with Crippen molar-refractivity contribution in [3.63, 3.8) is 0 Å². The minimum absolute atomic E-state index is 0.0166. The molecule has 1 aliphatic heterocycles. The Bertz CT molecular complexity index is 2400. The molecule has 52 heavy (non-hydrogen) atoms. The summed E-state index contributed by atoms with van der Waals surface area (Å²) in [6.45, 7) is 1.93. The van der Waals surface area contributed by atoms with Crippen LogP contribution in [-0.4, -0.2) is 63.9 Å². The van der Waals surface area contributed by atoms with Crippen LogP contribution < -0.4 is 16.6 Å². The van der Waals surface area contributed by atoms with Crippen molar-refractivity contribution in [2.24, 2.45) is 0 Å². The molecule has 11 nitrogen and oxygen atoms in total. The number of rotatable bonds is 9. The number of nitrogens with zero attached hydrogens (tertiary/aromatic N) is 6. The van der Waals surface area contributed by atoms with E-state index in [1.807, 2.05) is 24.3 Å². The number of phenolic OH excluding ortho intramolecular Hbond substituents is 1. The summed E-state index contributed by atoms with van der Waals surface area (Å²) in [5.41, 5.74) is 3.38. The van der Waals surface area contributed by atoms with Gasteiger partial charge in [0.2, 0.25) is 0 Å². The first-order chi connectivity index (χ1) is 25.2. The molecule has 5 heterocycles. The zero-order chi connectivity index (χ0) is 35.9. The van der Waals surface area contributed by atoms with Gasteiger partial charge in [0.15, 0.2) is 5.65 Å². The maximum atomic E-state index is 14.6. The molecule has 0 spiro atoms. The number of aliphatic hydroxyl groups excluding tert-OH is 1. The summed E-state index contributed by atoms with van der Waals surface area (Å²) in [6, 6.07) is 16.5. The van der Waals surface area contributed by atoms with Crippen molar-refractivity contribution in [2.45, 2.75) is 69.7 Å². The summed E-state index contributed by atoms with van der Waals surface area (Å²) in [7, 11) is 0. The van der Waals surface area contributed by atoms with Gasteiger partial charge in [-0.05, 0) is 104 Å². The fourth-order valence-corrected chi connectivity index (χ4v) is 7.96. The molecule has 1 saturated carbocycles. The second kappa shape index (κ2) is 14.1. The highest BCUT2D eigenvalue weighted by molar-refractivity contribution is 5.77. The molecule has 3 N–H and O–H groups in total. The van der Waals surface area contributed by atoms with Gasteiger partial charge < -0.3 is 19.9 Å². The Kier molecular flexibility index (Phi) is 9.16. The maximum absolute atomic E-state index is 14.6. The summed E-state index contributed by atoms with van der Waals surface area (Å²) in [5.74, 6) is -0.879. The van der Waals surface area contributed by atoms with Gasteiger partial charge in [0.1, 0.15) is 23.0 Å². The van der Waals surface area contributed by atoms with Crippen LogP contribution in [0.4, 0.5) is 8.78 Å². The van der Waals surface area contributed by atoms with Crippen molar-refractivity contribution in [1.82, 2.24) is 33.7 Å². The summed E-state index contributed by atoms with van der Waals surface area (Å²) in [6.07, 6.45) is 8.59.